The highest BCUT2D eigenvalue weighted by molar-refractivity contribution is 7.07. The summed E-state index contributed by atoms with van der Waals surface area (Å²) in [5.74, 6) is 0.790. The summed E-state index contributed by atoms with van der Waals surface area (Å²) in [7, 11) is 0. The number of rotatable bonds is 3. The Labute approximate surface area is 133 Å². The van der Waals surface area contributed by atoms with Crippen LogP contribution < -0.4 is 0 Å². The van der Waals surface area contributed by atoms with Crippen LogP contribution in [0.3, 0.4) is 0 Å². The lowest BCUT2D eigenvalue weighted by Crippen LogP contribution is -2.30. The van der Waals surface area contributed by atoms with Gasteiger partial charge in [0.15, 0.2) is 5.82 Å². The molecular formula is C17H16N4S. The number of pyridine rings is 1. The Bertz CT molecular complexity index is 756. The fourth-order valence-corrected chi connectivity index (χ4v) is 3.43. The summed E-state index contributed by atoms with van der Waals surface area (Å²) in [6.45, 7) is 2.96. The first-order valence-electron chi connectivity index (χ1n) is 7.37. The monoisotopic (exact) mass is 308 g/mol. The third kappa shape index (κ3) is 2.77. The van der Waals surface area contributed by atoms with Crippen molar-refractivity contribution in [1.29, 1.82) is 0 Å². The molecule has 3 aromatic heterocycles. The number of nitrogens with zero attached hydrogens (tertiary/aromatic N) is 4. The van der Waals surface area contributed by atoms with Crippen molar-refractivity contribution >= 4 is 11.3 Å². The molecule has 22 heavy (non-hydrogen) atoms. The van der Waals surface area contributed by atoms with Gasteiger partial charge in [-0.3, -0.25) is 9.88 Å². The number of hydrogen-bond acceptors (Lipinski definition) is 5. The van der Waals surface area contributed by atoms with Crippen LogP contribution >= 0.6 is 11.3 Å². The average Bonchev–Trinajstić information content (AvgIpc) is 3.08. The first-order chi connectivity index (χ1) is 10.9. The van der Waals surface area contributed by atoms with Crippen molar-refractivity contribution in [2.24, 2.45) is 0 Å². The molecule has 0 N–H and O–H groups in total. The molecular weight excluding hydrogens is 292 g/mol. The number of thiophene rings is 1. The molecule has 0 amide bonds. The molecule has 0 aliphatic carbocycles. The van der Waals surface area contributed by atoms with Gasteiger partial charge in [-0.15, -0.1) is 0 Å². The van der Waals surface area contributed by atoms with Crippen molar-refractivity contribution < 1.29 is 0 Å². The number of fused-ring (bicyclic) bond motifs is 1. The number of hydrogen-bond donors (Lipinski definition) is 0. The SMILES string of the molecule is c1cc(-c2ncc3c(n2)CN(Cc2ccsc2)CC3)ccn1. The van der Waals surface area contributed by atoms with Crippen LogP contribution in [0.15, 0.2) is 47.5 Å². The standard InChI is InChI=1S/C17H16N4S/c1-5-18-6-2-14(1)17-19-9-15-3-7-21(11-16(15)20-17)10-13-4-8-22-12-13/h1-2,4-6,8-9,12H,3,7,10-11H2. The fraction of sp³-hybridized carbons (Fsp3) is 0.235. The molecule has 0 atom stereocenters. The second-order valence-corrected chi connectivity index (χ2v) is 6.27. The molecule has 110 valence electrons. The Kier molecular flexibility index (Phi) is 3.66. The van der Waals surface area contributed by atoms with E-state index >= 15 is 0 Å². The summed E-state index contributed by atoms with van der Waals surface area (Å²) in [5.41, 5.74) is 4.84. The van der Waals surface area contributed by atoms with Gasteiger partial charge in [-0.05, 0) is 46.5 Å². The van der Waals surface area contributed by atoms with Crippen molar-refractivity contribution in [3.05, 3.63) is 64.4 Å². The van der Waals surface area contributed by atoms with E-state index in [4.69, 9.17) is 4.98 Å². The minimum Gasteiger partial charge on any atom is -0.293 e. The molecule has 4 nitrogen and oxygen atoms in total. The molecule has 0 saturated carbocycles. The van der Waals surface area contributed by atoms with E-state index in [0.717, 1.165) is 43.1 Å². The van der Waals surface area contributed by atoms with E-state index in [1.807, 2.05) is 18.3 Å². The van der Waals surface area contributed by atoms with Crippen LogP contribution in [0, 0.1) is 0 Å². The Morgan fingerprint density at radius 3 is 2.91 bits per heavy atom. The van der Waals surface area contributed by atoms with Crippen molar-refractivity contribution in [2.75, 3.05) is 6.54 Å². The molecule has 4 rings (SSSR count). The molecule has 0 spiro atoms. The molecule has 0 unspecified atom stereocenters. The van der Waals surface area contributed by atoms with Crippen LogP contribution in [0.2, 0.25) is 0 Å². The molecule has 1 aliphatic rings. The van der Waals surface area contributed by atoms with Gasteiger partial charge in [-0.2, -0.15) is 11.3 Å². The summed E-state index contributed by atoms with van der Waals surface area (Å²) in [5, 5.41) is 4.36. The molecule has 0 fully saturated rings. The summed E-state index contributed by atoms with van der Waals surface area (Å²) in [4.78, 5) is 15.8. The highest BCUT2D eigenvalue weighted by Gasteiger charge is 2.19. The molecule has 0 bridgehead atoms. The number of aromatic nitrogens is 3. The van der Waals surface area contributed by atoms with E-state index in [0.29, 0.717) is 0 Å². The summed E-state index contributed by atoms with van der Waals surface area (Å²) >= 11 is 1.76. The summed E-state index contributed by atoms with van der Waals surface area (Å²) < 4.78 is 0. The second-order valence-electron chi connectivity index (χ2n) is 5.49. The summed E-state index contributed by atoms with van der Waals surface area (Å²) in [6, 6.07) is 6.10. The third-order valence-electron chi connectivity index (χ3n) is 3.95. The molecule has 5 heteroatoms. The average molecular weight is 308 g/mol. The van der Waals surface area contributed by atoms with Crippen LogP contribution in [0.5, 0.6) is 0 Å². The van der Waals surface area contributed by atoms with E-state index < -0.39 is 0 Å². The first-order valence-corrected chi connectivity index (χ1v) is 8.31. The van der Waals surface area contributed by atoms with Crippen LogP contribution in [-0.2, 0) is 19.5 Å². The minimum absolute atomic E-state index is 0.790. The van der Waals surface area contributed by atoms with Crippen molar-refractivity contribution in [2.45, 2.75) is 19.5 Å². The molecule has 0 radical (unpaired) electrons. The predicted molar refractivity (Wildman–Crippen MR) is 87.4 cm³/mol. The second kappa shape index (κ2) is 5.94. The van der Waals surface area contributed by atoms with E-state index in [2.05, 4.69) is 31.7 Å². The van der Waals surface area contributed by atoms with Gasteiger partial charge in [0.25, 0.3) is 0 Å². The van der Waals surface area contributed by atoms with Gasteiger partial charge >= 0.3 is 0 Å². The van der Waals surface area contributed by atoms with E-state index in [1.165, 1.54) is 11.1 Å². The highest BCUT2D eigenvalue weighted by atomic mass is 32.1. The molecule has 0 aromatic carbocycles. The van der Waals surface area contributed by atoms with Crippen molar-refractivity contribution in [3.63, 3.8) is 0 Å². The van der Waals surface area contributed by atoms with Crippen LogP contribution in [0.25, 0.3) is 11.4 Å². The first kappa shape index (κ1) is 13.5. The van der Waals surface area contributed by atoms with Gasteiger partial charge in [0.2, 0.25) is 0 Å². The van der Waals surface area contributed by atoms with Gasteiger partial charge < -0.3 is 0 Å². The molecule has 4 heterocycles. The van der Waals surface area contributed by atoms with E-state index in [9.17, 15) is 0 Å². The maximum Gasteiger partial charge on any atom is 0.159 e. The maximum absolute atomic E-state index is 4.79. The Balaban J connectivity index is 1.58. The lowest BCUT2D eigenvalue weighted by atomic mass is 10.1. The highest BCUT2D eigenvalue weighted by Crippen LogP contribution is 2.22. The zero-order chi connectivity index (χ0) is 14.8. The van der Waals surface area contributed by atoms with Gasteiger partial charge in [0.05, 0.1) is 5.69 Å². The fourth-order valence-electron chi connectivity index (χ4n) is 2.77. The summed E-state index contributed by atoms with van der Waals surface area (Å²) in [6.07, 6.45) is 6.57. The Hall–Kier alpha value is -2.11. The molecule has 1 aliphatic heterocycles. The van der Waals surface area contributed by atoms with Crippen LogP contribution in [0.4, 0.5) is 0 Å². The van der Waals surface area contributed by atoms with E-state index in [-0.39, 0.29) is 0 Å². The van der Waals surface area contributed by atoms with Gasteiger partial charge in [0, 0.05) is 43.8 Å². The lowest BCUT2D eigenvalue weighted by molar-refractivity contribution is 0.241. The van der Waals surface area contributed by atoms with Gasteiger partial charge in [-0.25, -0.2) is 9.97 Å². The van der Waals surface area contributed by atoms with Gasteiger partial charge in [-0.1, -0.05) is 0 Å². The largest absolute Gasteiger partial charge is 0.293 e. The lowest BCUT2D eigenvalue weighted by Gasteiger charge is -2.27. The Morgan fingerprint density at radius 1 is 1.18 bits per heavy atom. The third-order valence-corrected chi connectivity index (χ3v) is 4.68. The zero-order valence-electron chi connectivity index (χ0n) is 12.1. The van der Waals surface area contributed by atoms with Crippen molar-refractivity contribution in [1.82, 2.24) is 19.9 Å². The van der Waals surface area contributed by atoms with Gasteiger partial charge in [0.1, 0.15) is 0 Å². The van der Waals surface area contributed by atoms with Crippen LogP contribution in [-0.4, -0.2) is 26.4 Å². The van der Waals surface area contributed by atoms with E-state index in [1.54, 1.807) is 23.7 Å². The predicted octanol–water partition coefficient (Wildman–Crippen LogP) is 3.16. The zero-order valence-corrected chi connectivity index (χ0v) is 13.0. The molecule has 3 aromatic rings. The molecule has 0 saturated heterocycles. The smallest absolute Gasteiger partial charge is 0.159 e. The minimum atomic E-state index is 0.790. The topological polar surface area (TPSA) is 41.9 Å². The maximum atomic E-state index is 4.79. The quantitative estimate of drug-likeness (QED) is 0.745. The van der Waals surface area contributed by atoms with Crippen LogP contribution in [0.1, 0.15) is 16.8 Å². The normalized spacial score (nSPS) is 14.7. The Morgan fingerprint density at radius 2 is 2.09 bits per heavy atom. The van der Waals surface area contributed by atoms with Crippen molar-refractivity contribution in [3.8, 4) is 11.4 Å².